The van der Waals surface area contributed by atoms with Gasteiger partial charge < -0.3 is 5.73 Å². The van der Waals surface area contributed by atoms with Gasteiger partial charge in [-0.25, -0.2) is 9.97 Å². The van der Waals surface area contributed by atoms with Crippen LogP contribution in [0.4, 0.5) is 0 Å². The molecule has 0 aliphatic heterocycles. The molecular formula is C15H17N3. The summed E-state index contributed by atoms with van der Waals surface area (Å²) in [4.78, 5) is 8.03. The van der Waals surface area contributed by atoms with Crippen LogP contribution in [-0.4, -0.2) is 9.97 Å². The average molecular weight is 239 g/mol. The first-order chi connectivity index (χ1) is 8.83. The third kappa shape index (κ3) is 2.27. The molecule has 0 spiro atoms. The van der Waals surface area contributed by atoms with Crippen molar-refractivity contribution in [1.82, 2.24) is 9.97 Å². The average Bonchev–Trinajstić information content (AvgIpc) is 2.87. The zero-order valence-electron chi connectivity index (χ0n) is 10.3. The Morgan fingerprint density at radius 2 is 1.89 bits per heavy atom. The lowest BCUT2D eigenvalue weighted by Gasteiger charge is -2.12. The Labute approximate surface area is 107 Å². The summed E-state index contributed by atoms with van der Waals surface area (Å²) in [5, 5.41) is 0. The molecule has 3 heteroatoms. The molecule has 1 aromatic carbocycles. The summed E-state index contributed by atoms with van der Waals surface area (Å²) in [5.74, 6) is 0. The minimum atomic E-state index is -0.0225. The lowest BCUT2D eigenvalue weighted by atomic mass is 9.99. The molecule has 2 aromatic rings. The Balaban J connectivity index is 1.77. The molecule has 0 radical (unpaired) electrons. The minimum Gasteiger partial charge on any atom is -0.324 e. The number of aryl methyl sites for hydroxylation is 2. The van der Waals surface area contributed by atoms with Crippen LogP contribution in [0.3, 0.4) is 0 Å². The van der Waals surface area contributed by atoms with E-state index in [-0.39, 0.29) is 6.04 Å². The highest BCUT2D eigenvalue weighted by Crippen LogP contribution is 2.24. The van der Waals surface area contributed by atoms with Gasteiger partial charge in [0, 0.05) is 24.0 Å². The van der Waals surface area contributed by atoms with Crippen molar-refractivity contribution in [3.8, 4) is 0 Å². The van der Waals surface area contributed by atoms with E-state index >= 15 is 0 Å². The molecule has 3 nitrogen and oxygen atoms in total. The monoisotopic (exact) mass is 239 g/mol. The van der Waals surface area contributed by atoms with E-state index in [0.717, 1.165) is 12.0 Å². The van der Waals surface area contributed by atoms with E-state index in [0.29, 0.717) is 0 Å². The molecule has 0 amide bonds. The summed E-state index contributed by atoms with van der Waals surface area (Å²) in [6.07, 6.45) is 9.71. The van der Waals surface area contributed by atoms with Gasteiger partial charge in [-0.15, -0.1) is 0 Å². The summed E-state index contributed by atoms with van der Waals surface area (Å²) in [6.45, 7) is 0. The summed E-state index contributed by atoms with van der Waals surface area (Å²) in [6, 6.07) is 6.75. The van der Waals surface area contributed by atoms with Crippen LogP contribution in [0.25, 0.3) is 0 Å². The van der Waals surface area contributed by atoms with E-state index in [9.17, 15) is 0 Å². The van der Waals surface area contributed by atoms with Crippen molar-refractivity contribution >= 4 is 0 Å². The van der Waals surface area contributed by atoms with E-state index in [2.05, 4.69) is 28.2 Å². The molecule has 2 N–H and O–H groups in total. The third-order valence-electron chi connectivity index (χ3n) is 3.63. The van der Waals surface area contributed by atoms with Crippen LogP contribution < -0.4 is 5.73 Å². The predicted octanol–water partition coefficient (Wildman–Crippen LogP) is 2.21. The second-order valence-corrected chi connectivity index (χ2v) is 4.94. The topological polar surface area (TPSA) is 51.8 Å². The highest BCUT2D eigenvalue weighted by atomic mass is 14.8. The molecular weight excluding hydrogens is 222 g/mol. The van der Waals surface area contributed by atoms with E-state index in [1.807, 2.05) is 0 Å². The van der Waals surface area contributed by atoms with Crippen LogP contribution >= 0.6 is 0 Å². The van der Waals surface area contributed by atoms with Gasteiger partial charge >= 0.3 is 0 Å². The van der Waals surface area contributed by atoms with Crippen molar-refractivity contribution in [3.05, 3.63) is 59.2 Å². The van der Waals surface area contributed by atoms with Crippen LogP contribution in [0.15, 0.2) is 36.9 Å². The smallest absolute Gasteiger partial charge is 0.115 e. The number of fused-ring (bicyclic) bond motifs is 1. The lowest BCUT2D eigenvalue weighted by molar-refractivity contribution is 0.712. The van der Waals surface area contributed by atoms with E-state index in [1.165, 1.54) is 42.3 Å². The number of hydrogen-bond acceptors (Lipinski definition) is 3. The quantitative estimate of drug-likeness (QED) is 0.893. The molecule has 92 valence electrons. The largest absolute Gasteiger partial charge is 0.324 e. The van der Waals surface area contributed by atoms with Crippen LogP contribution in [0.5, 0.6) is 0 Å². The molecule has 0 saturated carbocycles. The van der Waals surface area contributed by atoms with E-state index < -0.39 is 0 Å². The minimum absolute atomic E-state index is 0.0225. The van der Waals surface area contributed by atoms with Crippen LogP contribution in [-0.2, 0) is 19.3 Å². The maximum Gasteiger partial charge on any atom is 0.115 e. The van der Waals surface area contributed by atoms with Gasteiger partial charge in [0.05, 0.1) is 0 Å². The van der Waals surface area contributed by atoms with Crippen molar-refractivity contribution in [2.75, 3.05) is 0 Å². The van der Waals surface area contributed by atoms with Gasteiger partial charge in [0.15, 0.2) is 0 Å². The van der Waals surface area contributed by atoms with Gasteiger partial charge in [-0.2, -0.15) is 0 Å². The summed E-state index contributed by atoms with van der Waals surface area (Å²) >= 11 is 0. The summed E-state index contributed by atoms with van der Waals surface area (Å²) < 4.78 is 0. The molecule has 0 fully saturated rings. The number of nitrogens with zero attached hydrogens (tertiary/aromatic N) is 2. The van der Waals surface area contributed by atoms with Crippen molar-refractivity contribution in [2.24, 2.45) is 5.73 Å². The first-order valence-corrected chi connectivity index (χ1v) is 6.44. The Morgan fingerprint density at radius 1 is 1.11 bits per heavy atom. The fourth-order valence-corrected chi connectivity index (χ4v) is 2.63. The maximum absolute atomic E-state index is 6.19. The number of rotatable bonds is 3. The van der Waals surface area contributed by atoms with Crippen LogP contribution in [0, 0.1) is 0 Å². The Morgan fingerprint density at radius 3 is 2.72 bits per heavy atom. The van der Waals surface area contributed by atoms with Crippen LogP contribution in [0.2, 0.25) is 0 Å². The summed E-state index contributed by atoms with van der Waals surface area (Å²) in [5.41, 5.74) is 11.5. The molecule has 1 aromatic heterocycles. The molecule has 1 aliphatic rings. The molecule has 18 heavy (non-hydrogen) atoms. The van der Waals surface area contributed by atoms with Gasteiger partial charge in [0.25, 0.3) is 0 Å². The van der Waals surface area contributed by atoms with E-state index in [1.54, 1.807) is 12.4 Å². The van der Waals surface area contributed by atoms with Gasteiger partial charge in [0.2, 0.25) is 0 Å². The van der Waals surface area contributed by atoms with Crippen molar-refractivity contribution in [1.29, 1.82) is 0 Å². The van der Waals surface area contributed by atoms with Gasteiger partial charge in [-0.1, -0.05) is 18.2 Å². The number of aromatic nitrogens is 2. The lowest BCUT2D eigenvalue weighted by Crippen LogP contribution is -2.14. The summed E-state index contributed by atoms with van der Waals surface area (Å²) in [7, 11) is 0. The fourth-order valence-electron chi connectivity index (χ4n) is 2.63. The third-order valence-corrected chi connectivity index (χ3v) is 3.63. The second kappa shape index (κ2) is 4.86. The number of benzene rings is 1. The van der Waals surface area contributed by atoms with Crippen molar-refractivity contribution < 1.29 is 0 Å². The van der Waals surface area contributed by atoms with Gasteiger partial charge in [-0.05, 0) is 42.4 Å². The molecule has 1 atom stereocenters. The SMILES string of the molecule is NC(Cc1ccc2c(c1)CCC2)c1cncnc1. The molecule has 1 aliphatic carbocycles. The molecule has 1 unspecified atom stereocenters. The normalized spacial score (nSPS) is 15.4. The molecule has 0 saturated heterocycles. The zero-order chi connectivity index (χ0) is 12.4. The molecule has 1 heterocycles. The van der Waals surface area contributed by atoms with Gasteiger partial charge in [-0.3, -0.25) is 0 Å². The molecule has 3 rings (SSSR count). The van der Waals surface area contributed by atoms with Crippen molar-refractivity contribution in [3.63, 3.8) is 0 Å². The fraction of sp³-hybridized carbons (Fsp3) is 0.333. The predicted molar refractivity (Wildman–Crippen MR) is 71.1 cm³/mol. The highest BCUT2D eigenvalue weighted by molar-refractivity contribution is 5.36. The Kier molecular flexibility index (Phi) is 3.07. The first-order valence-electron chi connectivity index (χ1n) is 6.44. The van der Waals surface area contributed by atoms with Crippen LogP contribution in [0.1, 0.15) is 34.7 Å². The zero-order valence-corrected chi connectivity index (χ0v) is 10.3. The van der Waals surface area contributed by atoms with Crippen molar-refractivity contribution in [2.45, 2.75) is 31.7 Å². The van der Waals surface area contributed by atoms with Gasteiger partial charge in [0.1, 0.15) is 6.33 Å². The standard InChI is InChI=1S/C15H17N3/c16-15(14-8-17-10-18-9-14)7-11-4-5-12-2-1-3-13(12)6-11/h4-6,8-10,15H,1-3,7,16H2. The Hall–Kier alpha value is -1.74. The molecule has 0 bridgehead atoms. The number of nitrogens with two attached hydrogens (primary N) is 1. The second-order valence-electron chi connectivity index (χ2n) is 4.94. The highest BCUT2D eigenvalue weighted by Gasteiger charge is 2.13. The number of hydrogen-bond donors (Lipinski definition) is 1. The first kappa shape index (κ1) is 11.4. The van der Waals surface area contributed by atoms with E-state index in [4.69, 9.17) is 5.73 Å². The Bertz CT molecular complexity index is 537. The maximum atomic E-state index is 6.19.